The van der Waals surface area contributed by atoms with Gasteiger partial charge in [0, 0.05) is 5.69 Å². The molecule has 0 spiro atoms. The van der Waals surface area contributed by atoms with Crippen molar-refractivity contribution in [3.8, 4) is 17.2 Å². The van der Waals surface area contributed by atoms with E-state index in [-0.39, 0.29) is 19.2 Å². The Kier molecular flexibility index (Phi) is 7.30. The van der Waals surface area contributed by atoms with Crippen LogP contribution in [0.1, 0.15) is 10.4 Å². The van der Waals surface area contributed by atoms with Gasteiger partial charge in [0.15, 0.2) is 11.5 Å². The lowest BCUT2D eigenvalue weighted by Gasteiger charge is -2.14. The van der Waals surface area contributed by atoms with E-state index in [9.17, 15) is 9.59 Å². The average Bonchev–Trinajstić information content (AvgIpc) is 2.70. The number of rotatable bonds is 8. The van der Waals surface area contributed by atoms with Gasteiger partial charge in [-0.05, 0) is 36.4 Å². The van der Waals surface area contributed by atoms with Gasteiger partial charge in [-0.25, -0.2) is 9.59 Å². The first-order valence-corrected chi connectivity index (χ1v) is 8.16. The van der Waals surface area contributed by atoms with Gasteiger partial charge >= 0.3 is 12.0 Å². The van der Waals surface area contributed by atoms with Crippen LogP contribution < -0.4 is 24.8 Å². The first-order valence-electron chi connectivity index (χ1n) is 8.16. The second-order valence-electron chi connectivity index (χ2n) is 5.29. The van der Waals surface area contributed by atoms with Crippen molar-refractivity contribution in [1.82, 2.24) is 5.32 Å². The van der Waals surface area contributed by atoms with Crippen molar-refractivity contribution < 1.29 is 28.5 Å². The number of anilines is 1. The molecule has 2 rings (SSSR count). The SMILES string of the molecule is COC(=O)c1ccc(NC(=O)NCCOc2cccc(OC)c2OC)cc1. The molecule has 0 aliphatic rings. The number of urea groups is 1. The minimum Gasteiger partial charge on any atom is -0.493 e. The quantitative estimate of drug-likeness (QED) is 0.545. The fourth-order valence-electron chi connectivity index (χ4n) is 2.28. The third-order valence-corrected chi connectivity index (χ3v) is 3.58. The minimum atomic E-state index is -0.434. The number of methoxy groups -OCH3 is 3. The summed E-state index contributed by atoms with van der Waals surface area (Å²) in [6.45, 7) is 0.532. The van der Waals surface area contributed by atoms with E-state index >= 15 is 0 Å². The number of carbonyl (C=O) groups is 2. The monoisotopic (exact) mass is 374 g/mol. The molecule has 144 valence electrons. The lowest BCUT2D eigenvalue weighted by atomic mass is 10.2. The number of esters is 1. The number of carbonyl (C=O) groups excluding carboxylic acids is 2. The van der Waals surface area contributed by atoms with Crippen molar-refractivity contribution in [3.63, 3.8) is 0 Å². The Morgan fingerprint density at radius 3 is 2.26 bits per heavy atom. The molecule has 2 aromatic rings. The molecule has 0 saturated heterocycles. The van der Waals surface area contributed by atoms with Gasteiger partial charge in [0.2, 0.25) is 5.75 Å². The Balaban J connectivity index is 1.79. The summed E-state index contributed by atoms with van der Waals surface area (Å²) in [4.78, 5) is 23.3. The number of para-hydroxylation sites is 1. The van der Waals surface area contributed by atoms with Gasteiger partial charge in [-0.1, -0.05) is 6.07 Å². The van der Waals surface area contributed by atoms with Crippen molar-refractivity contribution in [1.29, 1.82) is 0 Å². The van der Waals surface area contributed by atoms with E-state index in [1.54, 1.807) is 49.6 Å². The van der Waals surface area contributed by atoms with E-state index < -0.39 is 5.97 Å². The van der Waals surface area contributed by atoms with Gasteiger partial charge in [0.1, 0.15) is 6.61 Å². The van der Waals surface area contributed by atoms with E-state index in [0.717, 1.165) is 0 Å². The first-order chi connectivity index (χ1) is 13.1. The smallest absolute Gasteiger partial charge is 0.337 e. The van der Waals surface area contributed by atoms with Crippen molar-refractivity contribution in [2.45, 2.75) is 0 Å². The topological polar surface area (TPSA) is 95.1 Å². The third-order valence-electron chi connectivity index (χ3n) is 3.58. The second-order valence-corrected chi connectivity index (χ2v) is 5.29. The van der Waals surface area contributed by atoms with Gasteiger partial charge in [-0.15, -0.1) is 0 Å². The summed E-state index contributed by atoms with van der Waals surface area (Å²) in [6, 6.07) is 11.3. The fraction of sp³-hybridized carbons (Fsp3) is 0.263. The van der Waals surface area contributed by atoms with Crippen LogP contribution in [0.3, 0.4) is 0 Å². The molecular weight excluding hydrogens is 352 g/mol. The van der Waals surface area contributed by atoms with Crippen LogP contribution in [0, 0.1) is 0 Å². The van der Waals surface area contributed by atoms with E-state index in [1.165, 1.54) is 14.2 Å². The van der Waals surface area contributed by atoms with E-state index in [0.29, 0.717) is 28.5 Å². The van der Waals surface area contributed by atoms with Gasteiger partial charge in [-0.3, -0.25) is 0 Å². The predicted octanol–water partition coefficient (Wildman–Crippen LogP) is 2.69. The standard InChI is InChI=1S/C19H22N2O6/c1-24-15-5-4-6-16(17(15)25-2)27-12-11-20-19(23)21-14-9-7-13(8-10-14)18(22)26-3/h4-10H,11-12H2,1-3H3,(H2,20,21,23). The molecule has 8 nitrogen and oxygen atoms in total. The number of ether oxygens (including phenoxy) is 4. The molecule has 8 heteroatoms. The van der Waals surface area contributed by atoms with Gasteiger partial charge in [0.05, 0.1) is 33.4 Å². The van der Waals surface area contributed by atoms with Crippen LogP contribution in [0.15, 0.2) is 42.5 Å². The Morgan fingerprint density at radius 2 is 1.63 bits per heavy atom. The number of hydrogen-bond donors (Lipinski definition) is 2. The molecular formula is C19H22N2O6. The van der Waals surface area contributed by atoms with Gasteiger partial charge < -0.3 is 29.6 Å². The molecule has 2 aromatic carbocycles. The lowest BCUT2D eigenvalue weighted by molar-refractivity contribution is 0.0600. The van der Waals surface area contributed by atoms with Crippen LogP contribution in [0.2, 0.25) is 0 Å². The molecule has 0 aliphatic heterocycles. The predicted molar refractivity (Wildman–Crippen MR) is 99.8 cm³/mol. The largest absolute Gasteiger partial charge is 0.493 e. The molecule has 0 aromatic heterocycles. The molecule has 27 heavy (non-hydrogen) atoms. The Morgan fingerprint density at radius 1 is 0.926 bits per heavy atom. The highest BCUT2D eigenvalue weighted by molar-refractivity contribution is 5.92. The molecule has 0 unspecified atom stereocenters. The number of hydrogen-bond acceptors (Lipinski definition) is 6. The van der Waals surface area contributed by atoms with E-state index in [1.807, 2.05) is 0 Å². The summed E-state index contributed by atoms with van der Waals surface area (Å²) in [6.07, 6.45) is 0. The van der Waals surface area contributed by atoms with Crippen LogP contribution in [-0.4, -0.2) is 46.5 Å². The van der Waals surface area contributed by atoms with Crippen LogP contribution in [0.5, 0.6) is 17.2 Å². The third kappa shape index (κ3) is 5.53. The molecule has 2 amide bonds. The van der Waals surface area contributed by atoms with Crippen LogP contribution in [-0.2, 0) is 4.74 Å². The highest BCUT2D eigenvalue weighted by Crippen LogP contribution is 2.36. The first kappa shape index (κ1) is 19.9. The van der Waals surface area contributed by atoms with Crippen molar-refractivity contribution in [2.75, 3.05) is 39.8 Å². The van der Waals surface area contributed by atoms with Crippen molar-refractivity contribution in [2.24, 2.45) is 0 Å². The summed E-state index contributed by atoms with van der Waals surface area (Å²) in [5.41, 5.74) is 0.958. The zero-order valence-corrected chi connectivity index (χ0v) is 15.4. The van der Waals surface area contributed by atoms with Crippen LogP contribution in [0.4, 0.5) is 10.5 Å². The van der Waals surface area contributed by atoms with Gasteiger partial charge in [-0.2, -0.15) is 0 Å². The maximum absolute atomic E-state index is 11.9. The normalized spacial score (nSPS) is 9.89. The maximum Gasteiger partial charge on any atom is 0.337 e. The minimum absolute atomic E-state index is 0.248. The molecule has 0 atom stereocenters. The number of amides is 2. The summed E-state index contributed by atoms with van der Waals surface area (Å²) < 4.78 is 20.7. The Bertz CT molecular complexity index is 776. The molecule has 0 saturated carbocycles. The zero-order valence-electron chi connectivity index (χ0n) is 15.4. The second kappa shape index (κ2) is 9.91. The Labute approximate surface area is 157 Å². The maximum atomic E-state index is 11.9. The van der Waals surface area contributed by atoms with Crippen LogP contribution >= 0.6 is 0 Å². The van der Waals surface area contributed by atoms with E-state index in [4.69, 9.17) is 14.2 Å². The lowest BCUT2D eigenvalue weighted by Crippen LogP contribution is -2.32. The summed E-state index contributed by atoms with van der Waals surface area (Å²) in [7, 11) is 4.39. The summed E-state index contributed by atoms with van der Waals surface area (Å²) in [5, 5.41) is 5.34. The molecule has 0 heterocycles. The molecule has 0 bridgehead atoms. The van der Waals surface area contributed by atoms with E-state index in [2.05, 4.69) is 15.4 Å². The van der Waals surface area contributed by atoms with Crippen LogP contribution in [0.25, 0.3) is 0 Å². The molecule has 0 fully saturated rings. The molecule has 0 radical (unpaired) electrons. The fourth-order valence-corrected chi connectivity index (χ4v) is 2.28. The summed E-state index contributed by atoms with van der Waals surface area (Å²) in [5.74, 6) is 1.15. The zero-order chi connectivity index (χ0) is 19.6. The highest BCUT2D eigenvalue weighted by atomic mass is 16.5. The average molecular weight is 374 g/mol. The summed E-state index contributed by atoms with van der Waals surface area (Å²) >= 11 is 0. The molecule has 2 N–H and O–H groups in total. The number of benzene rings is 2. The number of nitrogens with one attached hydrogen (secondary N) is 2. The van der Waals surface area contributed by atoms with Gasteiger partial charge in [0.25, 0.3) is 0 Å². The van der Waals surface area contributed by atoms with Crippen molar-refractivity contribution >= 4 is 17.7 Å². The molecule has 0 aliphatic carbocycles. The highest BCUT2D eigenvalue weighted by Gasteiger charge is 2.11. The van der Waals surface area contributed by atoms with Crippen molar-refractivity contribution in [3.05, 3.63) is 48.0 Å². The Hall–Kier alpha value is -3.42.